The number of aromatic hydroxyl groups is 1. The summed E-state index contributed by atoms with van der Waals surface area (Å²) in [7, 11) is 2.26. The van der Waals surface area contributed by atoms with Gasteiger partial charge in [0, 0.05) is 54.2 Å². The van der Waals surface area contributed by atoms with Crippen LogP contribution in [0.3, 0.4) is 0 Å². The van der Waals surface area contributed by atoms with Crippen LogP contribution in [-0.2, 0) is 6.54 Å². The number of halogens is 1. The maximum atomic E-state index is 13.9. The van der Waals surface area contributed by atoms with Crippen LogP contribution in [0.1, 0.15) is 37.8 Å². The highest BCUT2D eigenvalue weighted by Crippen LogP contribution is 2.25. The molecule has 39 heavy (non-hydrogen) atoms. The topological polar surface area (TPSA) is 98.1 Å². The zero-order valence-electron chi connectivity index (χ0n) is 22.7. The number of para-hydroxylation sites is 1. The van der Waals surface area contributed by atoms with Crippen molar-refractivity contribution in [2.45, 2.75) is 33.2 Å². The molecule has 3 rings (SSSR count). The van der Waals surface area contributed by atoms with Crippen molar-refractivity contribution in [3.8, 4) is 5.75 Å². The Morgan fingerprint density at radius 2 is 1.95 bits per heavy atom. The fourth-order valence-electron chi connectivity index (χ4n) is 3.86. The Morgan fingerprint density at radius 1 is 1.15 bits per heavy atom. The molecular weight excluding hydrogens is 512 g/mol. The van der Waals surface area contributed by atoms with Gasteiger partial charge in [0.15, 0.2) is 0 Å². The fraction of sp³-hybridized carbons (Fsp3) is 0.233. The van der Waals surface area contributed by atoms with E-state index in [-0.39, 0.29) is 17.3 Å². The number of phenols is 1. The monoisotopic (exact) mass is 547 g/mol. The van der Waals surface area contributed by atoms with Crippen LogP contribution in [-0.4, -0.2) is 36.8 Å². The fourth-order valence-corrected chi connectivity index (χ4v) is 4.53. The quantitative estimate of drug-likeness (QED) is 0.195. The molecule has 0 bridgehead atoms. The Hall–Kier alpha value is -4.03. The van der Waals surface area contributed by atoms with Crippen LogP contribution < -0.4 is 16.0 Å². The average molecular weight is 548 g/mol. The Bertz CT molecular complexity index is 1370. The third-order valence-corrected chi connectivity index (χ3v) is 6.88. The molecule has 4 N–H and O–H groups in total. The number of urea groups is 1. The molecule has 2 aromatic rings. The first-order valence-corrected chi connectivity index (χ1v) is 14.1. The number of allylic oxidation sites excluding steroid dienone is 7. The van der Waals surface area contributed by atoms with Crippen molar-refractivity contribution >= 4 is 32.2 Å². The first-order valence-electron chi connectivity index (χ1n) is 12.6. The van der Waals surface area contributed by atoms with Crippen LogP contribution in [0.5, 0.6) is 5.75 Å². The van der Waals surface area contributed by atoms with Gasteiger partial charge >= 0.3 is 6.03 Å². The average Bonchev–Trinajstić information content (AvgIpc) is 2.92. The van der Waals surface area contributed by atoms with Gasteiger partial charge in [-0.3, -0.25) is 9.98 Å². The Morgan fingerprint density at radius 3 is 2.67 bits per heavy atom. The van der Waals surface area contributed by atoms with E-state index in [0.717, 1.165) is 22.3 Å². The molecule has 0 fully saturated rings. The number of benzene rings is 2. The zero-order chi connectivity index (χ0) is 28.2. The van der Waals surface area contributed by atoms with Crippen molar-refractivity contribution < 1.29 is 14.3 Å². The Kier molecular flexibility index (Phi) is 11.2. The van der Waals surface area contributed by atoms with E-state index in [1.54, 1.807) is 31.3 Å². The lowest BCUT2D eigenvalue weighted by atomic mass is 10.1. The van der Waals surface area contributed by atoms with Gasteiger partial charge in [0.1, 0.15) is 11.6 Å². The highest BCUT2D eigenvalue weighted by atomic mass is 31.1. The van der Waals surface area contributed by atoms with Gasteiger partial charge < -0.3 is 21.1 Å². The summed E-state index contributed by atoms with van der Waals surface area (Å²) in [5, 5.41) is 20.2. The molecule has 0 spiro atoms. The molecule has 1 atom stereocenters. The molecular formula is C30H35FN5O2P. The number of carbonyl (C=O) groups excluding carboxylic acids is 1. The van der Waals surface area contributed by atoms with Gasteiger partial charge in [-0.05, 0) is 68.9 Å². The molecule has 0 saturated heterocycles. The van der Waals surface area contributed by atoms with E-state index in [1.165, 1.54) is 0 Å². The molecule has 2 aromatic carbocycles. The van der Waals surface area contributed by atoms with Crippen LogP contribution in [0.2, 0.25) is 0 Å². The van der Waals surface area contributed by atoms with E-state index in [4.69, 9.17) is 4.99 Å². The molecule has 7 nitrogen and oxygen atoms in total. The predicted molar refractivity (Wildman–Crippen MR) is 162 cm³/mol. The van der Waals surface area contributed by atoms with Gasteiger partial charge in [0.2, 0.25) is 0 Å². The maximum absolute atomic E-state index is 13.9. The largest absolute Gasteiger partial charge is 0.507 e. The number of hydrogen-bond acceptors (Lipinski definition) is 5. The summed E-state index contributed by atoms with van der Waals surface area (Å²) in [6, 6.07) is 14.0. The minimum absolute atomic E-state index is 0.147. The van der Waals surface area contributed by atoms with Crippen LogP contribution in [0, 0.1) is 0 Å². The van der Waals surface area contributed by atoms with Gasteiger partial charge in [0.25, 0.3) is 0 Å². The maximum Gasteiger partial charge on any atom is 0.323 e. The molecule has 0 aliphatic heterocycles. The summed E-state index contributed by atoms with van der Waals surface area (Å²) in [4.78, 5) is 21.3. The lowest BCUT2D eigenvalue weighted by molar-refractivity contribution is 0.254. The SMILES string of the molecule is CN=C/C(PC)=C(C)/N=C(\C=C(/C)NCc1cccc(NC(=O)NC2=C(F)CCC=C2)c1)c1ccccc1O. The second kappa shape index (κ2) is 14.8. The molecule has 9 heteroatoms. The van der Waals surface area contributed by atoms with Crippen LogP contribution in [0.4, 0.5) is 14.9 Å². The van der Waals surface area contributed by atoms with E-state index in [1.807, 2.05) is 62.5 Å². The van der Waals surface area contributed by atoms with Crippen molar-refractivity contribution in [2.75, 3.05) is 19.0 Å². The zero-order valence-corrected chi connectivity index (χ0v) is 23.7. The molecule has 2 amide bonds. The number of amides is 2. The van der Waals surface area contributed by atoms with Crippen molar-refractivity contribution in [3.05, 3.63) is 106 Å². The summed E-state index contributed by atoms with van der Waals surface area (Å²) >= 11 is 0. The number of hydrogen-bond donors (Lipinski definition) is 4. The summed E-state index contributed by atoms with van der Waals surface area (Å²) in [5.41, 5.74) is 4.66. The van der Waals surface area contributed by atoms with E-state index in [0.29, 0.717) is 44.9 Å². The number of phenolic OH excluding ortho intramolecular Hbond substituents is 1. The third-order valence-electron chi connectivity index (χ3n) is 5.85. The van der Waals surface area contributed by atoms with Crippen LogP contribution >= 0.6 is 8.58 Å². The van der Waals surface area contributed by atoms with Gasteiger partial charge in [-0.1, -0.05) is 38.9 Å². The molecule has 1 aliphatic carbocycles. The molecule has 1 unspecified atom stereocenters. The first-order chi connectivity index (χ1) is 18.8. The van der Waals surface area contributed by atoms with Crippen molar-refractivity contribution in [3.63, 3.8) is 0 Å². The van der Waals surface area contributed by atoms with Crippen molar-refractivity contribution in [1.82, 2.24) is 10.6 Å². The van der Waals surface area contributed by atoms with Gasteiger partial charge in [-0.2, -0.15) is 0 Å². The number of aliphatic imine (C=N–C) groups is 2. The van der Waals surface area contributed by atoms with Crippen molar-refractivity contribution in [2.24, 2.45) is 9.98 Å². The second-order valence-corrected chi connectivity index (χ2v) is 9.91. The minimum atomic E-state index is -0.500. The molecule has 0 saturated carbocycles. The third kappa shape index (κ3) is 9.04. The predicted octanol–water partition coefficient (Wildman–Crippen LogP) is 6.77. The lowest BCUT2D eigenvalue weighted by Gasteiger charge is -2.13. The number of carbonyl (C=O) groups is 1. The number of rotatable bonds is 10. The molecule has 204 valence electrons. The molecule has 0 heterocycles. The molecule has 0 radical (unpaired) electrons. The van der Waals surface area contributed by atoms with E-state index in [2.05, 4.69) is 27.6 Å². The van der Waals surface area contributed by atoms with Crippen LogP contribution in [0.15, 0.2) is 105 Å². The molecule has 1 aliphatic rings. The lowest BCUT2D eigenvalue weighted by Crippen LogP contribution is -2.28. The summed E-state index contributed by atoms with van der Waals surface area (Å²) in [5.74, 6) is -0.177. The number of nitrogens with zero attached hydrogens (tertiary/aromatic N) is 2. The first kappa shape index (κ1) is 29.5. The highest BCUT2D eigenvalue weighted by Gasteiger charge is 2.12. The van der Waals surface area contributed by atoms with E-state index < -0.39 is 6.03 Å². The second-order valence-electron chi connectivity index (χ2n) is 8.87. The smallest absolute Gasteiger partial charge is 0.323 e. The van der Waals surface area contributed by atoms with E-state index in [9.17, 15) is 14.3 Å². The summed E-state index contributed by atoms with van der Waals surface area (Å²) in [6.07, 6.45) is 8.04. The van der Waals surface area contributed by atoms with Gasteiger partial charge in [-0.25, -0.2) is 9.18 Å². The highest BCUT2D eigenvalue weighted by molar-refractivity contribution is 7.43. The Balaban J connectivity index is 1.75. The Labute approximate surface area is 231 Å². The van der Waals surface area contributed by atoms with Crippen LogP contribution in [0.25, 0.3) is 0 Å². The minimum Gasteiger partial charge on any atom is -0.507 e. The normalized spacial score (nSPS) is 15.2. The number of nitrogens with one attached hydrogen (secondary N) is 3. The standard InChI is InChI=1S/C30H35FN5O2P/c1-20(16-27(24-12-5-8-15-28(24)37)34-21(2)29(39-4)19-32-3)33-18-22-10-9-11-23(17-22)35-30(38)36-26-14-7-6-13-25(26)31/h5,7-12,14-17,19,33,37,39H,6,13,18H2,1-4H3,(H2,35,36,38)/b20-16+,29-21-,32-19?,34-27+. The van der Waals surface area contributed by atoms with Gasteiger partial charge in [0.05, 0.1) is 11.4 Å². The summed E-state index contributed by atoms with van der Waals surface area (Å²) < 4.78 is 13.9. The van der Waals surface area contributed by atoms with Crippen molar-refractivity contribution in [1.29, 1.82) is 0 Å². The number of anilines is 1. The summed E-state index contributed by atoms with van der Waals surface area (Å²) in [6.45, 7) is 6.44. The van der Waals surface area contributed by atoms with E-state index >= 15 is 0 Å². The van der Waals surface area contributed by atoms with Gasteiger partial charge in [-0.15, -0.1) is 0 Å². The molecule has 0 aromatic heterocycles.